The van der Waals surface area contributed by atoms with Crippen LogP contribution in [0.5, 0.6) is 0 Å². The van der Waals surface area contributed by atoms with Gasteiger partial charge in [-0.05, 0) is 43.2 Å². The number of carbonyl (C=O) groups is 2. The molecule has 0 radical (unpaired) electrons. The summed E-state index contributed by atoms with van der Waals surface area (Å²) in [5, 5.41) is 13.7. The van der Waals surface area contributed by atoms with Crippen molar-refractivity contribution in [3.8, 4) is 6.07 Å². The van der Waals surface area contributed by atoms with Gasteiger partial charge < -0.3 is 9.73 Å². The second-order valence-electron chi connectivity index (χ2n) is 7.07. The summed E-state index contributed by atoms with van der Waals surface area (Å²) in [6.07, 6.45) is 3.46. The third kappa shape index (κ3) is 4.20. The number of allylic oxidation sites excluding steroid dienone is 1. The molecular formula is C22H18ClN3O3S. The zero-order valence-electron chi connectivity index (χ0n) is 15.9. The smallest absolute Gasteiger partial charge is 0.234 e. The van der Waals surface area contributed by atoms with Gasteiger partial charge in [0, 0.05) is 22.8 Å². The van der Waals surface area contributed by atoms with Gasteiger partial charge >= 0.3 is 0 Å². The van der Waals surface area contributed by atoms with Crippen LogP contribution in [0.2, 0.25) is 5.02 Å². The molecule has 1 aliphatic heterocycles. The summed E-state index contributed by atoms with van der Waals surface area (Å²) in [6, 6.07) is 12.6. The van der Waals surface area contributed by atoms with Crippen molar-refractivity contribution in [2.75, 3.05) is 11.1 Å². The standard InChI is InChI=1S/C22H18ClN3O3S/c23-13-4-1-5-14(10-13)25-19(28)12-30-22-15(11-24)20(18-8-3-9-29-18)21-16(26-22)6-2-7-17(21)27/h1,3-5,8-10,20-21H,2,6-7,12H2,(H,25,28)/t20-,21+/m1/s1. The minimum Gasteiger partial charge on any atom is -0.469 e. The van der Waals surface area contributed by atoms with Gasteiger partial charge in [-0.2, -0.15) is 5.26 Å². The van der Waals surface area contributed by atoms with Gasteiger partial charge in [0.2, 0.25) is 5.91 Å². The van der Waals surface area contributed by atoms with Gasteiger partial charge in [0.05, 0.1) is 35.5 Å². The van der Waals surface area contributed by atoms with Crippen molar-refractivity contribution in [1.29, 1.82) is 5.26 Å². The molecule has 1 amide bonds. The van der Waals surface area contributed by atoms with Gasteiger partial charge in [-0.3, -0.25) is 9.59 Å². The maximum atomic E-state index is 12.7. The van der Waals surface area contributed by atoms with E-state index in [1.165, 1.54) is 18.0 Å². The molecule has 1 saturated carbocycles. The topological polar surface area (TPSA) is 95.5 Å². The predicted molar refractivity (Wildman–Crippen MR) is 116 cm³/mol. The number of nitrogens with zero attached hydrogens (tertiary/aromatic N) is 2. The van der Waals surface area contributed by atoms with E-state index in [-0.39, 0.29) is 17.4 Å². The van der Waals surface area contributed by atoms with Gasteiger partial charge in [-0.15, -0.1) is 0 Å². The number of nitriles is 1. The highest BCUT2D eigenvalue weighted by molar-refractivity contribution is 8.03. The molecule has 30 heavy (non-hydrogen) atoms. The summed E-state index contributed by atoms with van der Waals surface area (Å²) in [5.74, 6) is -0.470. The van der Waals surface area contributed by atoms with Crippen molar-refractivity contribution in [1.82, 2.24) is 0 Å². The molecule has 4 rings (SSSR count). The average Bonchev–Trinajstić information content (AvgIpc) is 3.26. The first-order valence-electron chi connectivity index (χ1n) is 9.53. The highest BCUT2D eigenvalue weighted by atomic mass is 35.5. The number of Topliss-reactive ketones (excluding diaryl/α,β-unsaturated/α-hetero) is 1. The number of benzene rings is 1. The second kappa shape index (κ2) is 8.90. The van der Waals surface area contributed by atoms with Crippen molar-refractivity contribution in [3.63, 3.8) is 0 Å². The molecule has 1 aliphatic carbocycles. The van der Waals surface area contributed by atoms with Crippen LogP contribution in [-0.2, 0) is 9.59 Å². The van der Waals surface area contributed by atoms with Crippen molar-refractivity contribution in [2.45, 2.75) is 25.2 Å². The zero-order chi connectivity index (χ0) is 21.1. The van der Waals surface area contributed by atoms with Crippen LogP contribution in [0.15, 0.2) is 62.7 Å². The first kappa shape index (κ1) is 20.5. The number of anilines is 1. The molecule has 0 unspecified atom stereocenters. The molecule has 2 atom stereocenters. The Hall–Kier alpha value is -2.82. The molecule has 1 aromatic heterocycles. The normalized spacial score (nSPS) is 20.9. The summed E-state index contributed by atoms with van der Waals surface area (Å²) in [7, 11) is 0. The number of carbonyl (C=O) groups excluding carboxylic acids is 2. The molecule has 0 spiro atoms. The number of nitrogens with one attached hydrogen (secondary N) is 1. The second-order valence-corrected chi connectivity index (χ2v) is 8.47. The number of rotatable bonds is 5. The molecular weight excluding hydrogens is 422 g/mol. The van der Waals surface area contributed by atoms with Gasteiger partial charge in [-0.25, -0.2) is 4.99 Å². The zero-order valence-corrected chi connectivity index (χ0v) is 17.5. The third-order valence-electron chi connectivity index (χ3n) is 5.10. The predicted octanol–water partition coefficient (Wildman–Crippen LogP) is 4.95. The van der Waals surface area contributed by atoms with E-state index in [9.17, 15) is 14.9 Å². The number of aliphatic imine (C=N–C) groups is 1. The van der Waals surface area contributed by atoms with E-state index in [1.807, 2.05) is 0 Å². The molecule has 1 aromatic carbocycles. The lowest BCUT2D eigenvalue weighted by atomic mass is 9.72. The van der Waals surface area contributed by atoms with Gasteiger partial charge in [0.15, 0.2) is 0 Å². The number of hydrogen-bond donors (Lipinski definition) is 1. The summed E-state index contributed by atoms with van der Waals surface area (Å²) in [4.78, 5) is 29.7. The SMILES string of the molecule is N#CC1=C(SCC(=O)Nc2cccc(Cl)c2)N=C2CCCC(=O)[C@H]2[C@H]1c1ccco1. The van der Waals surface area contributed by atoms with E-state index >= 15 is 0 Å². The van der Waals surface area contributed by atoms with Gasteiger partial charge in [0.1, 0.15) is 16.6 Å². The van der Waals surface area contributed by atoms with Crippen molar-refractivity contribution in [3.05, 3.63) is 64.0 Å². The van der Waals surface area contributed by atoms with Crippen molar-refractivity contribution < 1.29 is 14.0 Å². The van der Waals surface area contributed by atoms with Crippen LogP contribution >= 0.6 is 23.4 Å². The Morgan fingerprint density at radius 2 is 2.17 bits per heavy atom. The largest absolute Gasteiger partial charge is 0.469 e. The number of fused-ring (bicyclic) bond motifs is 1. The van der Waals surface area contributed by atoms with Crippen LogP contribution in [-0.4, -0.2) is 23.2 Å². The monoisotopic (exact) mass is 439 g/mol. The van der Waals surface area contributed by atoms with E-state index < -0.39 is 11.8 Å². The van der Waals surface area contributed by atoms with Gasteiger partial charge in [0.25, 0.3) is 0 Å². The average molecular weight is 440 g/mol. The maximum Gasteiger partial charge on any atom is 0.234 e. The van der Waals surface area contributed by atoms with Crippen LogP contribution in [0.3, 0.4) is 0 Å². The fourth-order valence-corrected chi connectivity index (χ4v) is 4.87. The molecule has 2 aromatic rings. The van der Waals surface area contributed by atoms with Crippen LogP contribution in [0.1, 0.15) is 30.9 Å². The molecule has 0 saturated heterocycles. The Bertz CT molecular complexity index is 1090. The van der Waals surface area contributed by atoms with Crippen molar-refractivity contribution >= 4 is 46.5 Å². The number of hydrogen-bond acceptors (Lipinski definition) is 6. The van der Waals surface area contributed by atoms with E-state index in [0.717, 1.165) is 12.1 Å². The lowest BCUT2D eigenvalue weighted by Crippen LogP contribution is -2.37. The first-order valence-corrected chi connectivity index (χ1v) is 10.9. The Morgan fingerprint density at radius 1 is 1.30 bits per heavy atom. The Balaban J connectivity index is 1.58. The number of thioether (sulfide) groups is 1. The summed E-state index contributed by atoms with van der Waals surface area (Å²) < 4.78 is 5.57. The summed E-state index contributed by atoms with van der Waals surface area (Å²) >= 11 is 7.14. The molecule has 6 nitrogen and oxygen atoms in total. The fourth-order valence-electron chi connectivity index (χ4n) is 3.83. The highest BCUT2D eigenvalue weighted by Crippen LogP contribution is 2.45. The Labute approximate surface area is 183 Å². The number of ketones is 1. The lowest BCUT2D eigenvalue weighted by Gasteiger charge is -2.33. The van der Waals surface area contributed by atoms with E-state index in [1.54, 1.807) is 36.4 Å². The quantitative estimate of drug-likeness (QED) is 0.711. The molecule has 1 fully saturated rings. The van der Waals surface area contributed by atoms with Crippen LogP contribution < -0.4 is 5.32 Å². The van der Waals surface area contributed by atoms with E-state index in [0.29, 0.717) is 39.9 Å². The van der Waals surface area contributed by atoms with Crippen LogP contribution in [0, 0.1) is 17.2 Å². The minimum atomic E-state index is -0.496. The number of amides is 1. The third-order valence-corrected chi connectivity index (χ3v) is 6.33. The first-order chi connectivity index (χ1) is 14.6. The van der Waals surface area contributed by atoms with Crippen molar-refractivity contribution in [2.24, 2.45) is 10.9 Å². The minimum absolute atomic E-state index is 0.0767. The van der Waals surface area contributed by atoms with E-state index in [2.05, 4.69) is 16.4 Å². The lowest BCUT2D eigenvalue weighted by molar-refractivity contribution is -0.122. The fraction of sp³-hybridized carbons (Fsp3) is 0.273. The molecule has 2 aliphatic rings. The van der Waals surface area contributed by atoms with Crippen LogP contribution in [0.25, 0.3) is 0 Å². The molecule has 152 valence electrons. The molecule has 0 bridgehead atoms. The Morgan fingerprint density at radius 3 is 2.90 bits per heavy atom. The van der Waals surface area contributed by atoms with Gasteiger partial charge in [-0.1, -0.05) is 29.4 Å². The Kier molecular flexibility index (Phi) is 6.07. The summed E-state index contributed by atoms with van der Waals surface area (Å²) in [5.41, 5.74) is 1.74. The highest BCUT2D eigenvalue weighted by Gasteiger charge is 2.43. The molecule has 2 heterocycles. The molecule has 1 N–H and O–H groups in total. The van der Waals surface area contributed by atoms with Crippen LogP contribution in [0.4, 0.5) is 5.69 Å². The number of halogens is 1. The maximum absolute atomic E-state index is 12.7. The molecule has 8 heteroatoms. The van der Waals surface area contributed by atoms with E-state index in [4.69, 9.17) is 16.0 Å². The summed E-state index contributed by atoms with van der Waals surface area (Å²) in [6.45, 7) is 0. The number of furan rings is 1.